The zero-order valence-electron chi connectivity index (χ0n) is 15.0. The van der Waals surface area contributed by atoms with Crippen LogP contribution in [0.2, 0.25) is 0 Å². The number of hydrogen-bond donors (Lipinski definition) is 2. The van der Waals surface area contributed by atoms with Crippen LogP contribution in [0.3, 0.4) is 0 Å². The molecule has 0 aliphatic carbocycles. The van der Waals surface area contributed by atoms with Gasteiger partial charge in [0.15, 0.2) is 5.96 Å². The van der Waals surface area contributed by atoms with Gasteiger partial charge < -0.3 is 10.6 Å². The van der Waals surface area contributed by atoms with Crippen LogP contribution in [0.5, 0.6) is 0 Å². The standard InChI is InChI=1S/C18H26FN5.HI/c1-14(13-24-10-4-8-23-24)12-22-18(20-3)21-9-7-16-5-6-17(19)11-15(16)2;/h4-6,8,10-11,14H,7,9,12-13H2,1-3H3,(H2,20,21,22);1H. The second-order valence-electron chi connectivity index (χ2n) is 6.03. The smallest absolute Gasteiger partial charge is 0.190 e. The first-order chi connectivity index (χ1) is 11.6. The lowest BCUT2D eigenvalue weighted by molar-refractivity contribution is 0.443. The highest BCUT2D eigenvalue weighted by Gasteiger charge is 2.06. The lowest BCUT2D eigenvalue weighted by atomic mass is 10.1. The zero-order chi connectivity index (χ0) is 17.4. The molecule has 138 valence electrons. The predicted octanol–water partition coefficient (Wildman–Crippen LogP) is 2.99. The quantitative estimate of drug-likeness (QED) is 0.381. The van der Waals surface area contributed by atoms with Crippen LogP contribution in [0.15, 0.2) is 41.7 Å². The SMILES string of the molecule is CN=C(NCCc1ccc(F)cc1C)NCC(C)Cn1cccn1.I. The predicted molar refractivity (Wildman–Crippen MR) is 111 cm³/mol. The number of rotatable bonds is 7. The first-order valence-electron chi connectivity index (χ1n) is 8.25. The van der Waals surface area contributed by atoms with Gasteiger partial charge in [0.1, 0.15) is 5.82 Å². The zero-order valence-corrected chi connectivity index (χ0v) is 17.3. The van der Waals surface area contributed by atoms with Gasteiger partial charge in [-0.1, -0.05) is 13.0 Å². The second-order valence-corrected chi connectivity index (χ2v) is 6.03. The van der Waals surface area contributed by atoms with Gasteiger partial charge in [0, 0.05) is 39.1 Å². The van der Waals surface area contributed by atoms with E-state index in [1.165, 1.54) is 6.07 Å². The molecule has 1 aromatic carbocycles. The molecular weight excluding hydrogens is 432 g/mol. The molecule has 0 aliphatic heterocycles. The van der Waals surface area contributed by atoms with Crippen LogP contribution in [0.4, 0.5) is 4.39 Å². The second kappa shape index (κ2) is 11.1. The summed E-state index contributed by atoms with van der Waals surface area (Å²) in [6, 6.07) is 6.85. The maximum Gasteiger partial charge on any atom is 0.190 e. The lowest BCUT2D eigenvalue weighted by Crippen LogP contribution is -2.40. The van der Waals surface area contributed by atoms with Gasteiger partial charge in [-0.3, -0.25) is 9.67 Å². The Bertz CT molecular complexity index is 657. The Labute approximate surface area is 166 Å². The number of nitrogens with one attached hydrogen (secondary N) is 2. The fourth-order valence-electron chi connectivity index (χ4n) is 2.54. The summed E-state index contributed by atoms with van der Waals surface area (Å²) in [6.07, 6.45) is 4.59. The van der Waals surface area contributed by atoms with Gasteiger partial charge in [0.2, 0.25) is 0 Å². The number of benzene rings is 1. The molecule has 1 unspecified atom stereocenters. The van der Waals surface area contributed by atoms with E-state index >= 15 is 0 Å². The minimum Gasteiger partial charge on any atom is -0.356 e. The molecule has 2 rings (SSSR count). The van der Waals surface area contributed by atoms with Crippen molar-refractivity contribution in [2.45, 2.75) is 26.8 Å². The van der Waals surface area contributed by atoms with Crippen molar-refractivity contribution in [1.29, 1.82) is 0 Å². The highest BCUT2D eigenvalue weighted by molar-refractivity contribution is 14.0. The normalized spacial score (nSPS) is 12.4. The van der Waals surface area contributed by atoms with E-state index in [0.717, 1.165) is 43.1 Å². The van der Waals surface area contributed by atoms with E-state index in [-0.39, 0.29) is 29.8 Å². The molecule has 0 saturated heterocycles. The van der Waals surface area contributed by atoms with E-state index < -0.39 is 0 Å². The van der Waals surface area contributed by atoms with Crippen molar-refractivity contribution < 1.29 is 4.39 Å². The van der Waals surface area contributed by atoms with Gasteiger partial charge in [-0.25, -0.2) is 4.39 Å². The topological polar surface area (TPSA) is 54.2 Å². The molecule has 1 aromatic heterocycles. The molecule has 0 radical (unpaired) electrons. The Morgan fingerprint density at radius 2 is 2.16 bits per heavy atom. The monoisotopic (exact) mass is 459 g/mol. The van der Waals surface area contributed by atoms with E-state index in [0.29, 0.717) is 5.92 Å². The van der Waals surface area contributed by atoms with E-state index in [1.807, 2.05) is 29.9 Å². The molecule has 2 N–H and O–H groups in total. The van der Waals surface area contributed by atoms with Gasteiger partial charge >= 0.3 is 0 Å². The van der Waals surface area contributed by atoms with Crippen molar-refractivity contribution in [2.75, 3.05) is 20.1 Å². The van der Waals surface area contributed by atoms with Crippen molar-refractivity contribution in [3.8, 4) is 0 Å². The summed E-state index contributed by atoms with van der Waals surface area (Å²) < 4.78 is 15.0. The summed E-state index contributed by atoms with van der Waals surface area (Å²) in [7, 11) is 1.76. The summed E-state index contributed by atoms with van der Waals surface area (Å²) in [5, 5.41) is 10.8. The first-order valence-corrected chi connectivity index (χ1v) is 8.25. The Balaban J connectivity index is 0.00000312. The molecule has 1 atom stereocenters. The van der Waals surface area contributed by atoms with Crippen LogP contribution in [0, 0.1) is 18.7 Å². The minimum absolute atomic E-state index is 0. The Morgan fingerprint density at radius 3 is 2.80 bits per heavy atom. The van der Waals surface area contributed by atoms with Crippen LogP contribution >= 0.6 is 24.0 Å². The van der Waals surface area contributed by atoms with Crippen LogP contribution in [0.25, 0.3) is 0 Å². The number of halogens is 2. The maximum atomic E-state index is 13.1. The molecular formula is C18H27FIN5. The fraction of sp³-hybridized carbons (Fsp3) is 0.444. The van der Waals surface area contributed by atoms with Crippen LogP contribution < -0.4 is 10.6 Å². The third kappa shape index (κ3) is 7.41. The van der Waals surface area contributed by atoms with Crippen molar-refractivity contribution in [2.24, 2.45) is 10.9 Å². The van der Waals surface area contributed by atoms with Gasteiger partial charge in [-0.05, 0) is 48.6 Å². The molecule has 25 heavy (non-hydrogen) atoms. The van der Waals surface area contributed by atoms with E-state index in [1.54, 1.807) is 19.3 Å². The average molecular weight is 459 g/mol. The Hall–Kier alpha value is -1.64. The molecule has 5 nitrogen and oxygen atoms in total. The minimum atomic E-state index is -0.187. The number of guanidine groups is 1. The van der Waals surface area contributed by atoms with Gasteiger partial charge in [0.25, 0.3) is 0 Å². The van der Waals surface area contributed by atoms with Gasteiger partial charge in [-0.2, -0.15) is 5.10 Å². The van der Waals surface area contributed by atoms with Crippen molar-refractivity contribution in [3.05, 3.63) is 53.6 Å². The van der Waals surface area contributed by atoms with Crippen molar-refractivity contribution in [3.63, 3.8) is 0 Å². The first kappa shape index (κ1) is 21.4. The molecule has 0 fully saturated rings. The van der Waals surface area contributed by atoms with Crippen molar-refractivity contribution in [1.82, 2.24) is 20.4 Å². The molecule has 0 saturated carbocycles. The Kier molecular flexibility index (Phi) is 9.48. The van der Waals surface area contributed by atoms with Crippen molar-refractivity contribution >= 4 is 29.9 Å². The van der Waals surface area contributed by atoms with Gasteiger partial charge in [0.05, 0.1) is 0 Å². The molecule has 0 amide bonds. The summed E-state index contributed by atoms with van der Waals surface area (Å²) in [4.78, 5) is 4.24. The third-order valence-corrected chi connectivity index (χ3v) is 3.89. The molecule has 0 aliphatic rings. The number of aryl methyl sites for hydroxylation is 1. The highest BCUT2D eigenvalue weighted by Crippen LogP contribution is 2.10. The molecule has 0 bridgehead atoms. The summed E-state index contributed by atoms with van der Waals surface area (Å²) >= 11 is 0. The van der Waals surface area contributed by atoms with Crippen LogP contribution in [-0.4, -0.2) is 35.9 Å². The van der Waals surface area contributed by atoms with E-state index in [4.69, 9.17) is 0 Å². The fourth-order valence-corrected chi connectivity index (χ4v) is 2.54. The lowest BCUT2D eigenvalue weighted by Gasteiger charge is -2.16. The molecule has 0 spiro atoms. The molecule has 2 aromatic rings. The van der Waals surface area contributed by atoms with Crippen LogP contribution in [0.1, 0.15) is 18.1 Å². The molecule has 7 heteroatoms. The number of aliphatic imine (C=N–C) groups is 1. The third-order valence-electron chi connectivity index (χ3n) is 3.89. The summed E-state index contributed by atoms with van der Waals surface area (Å²) in [5.41, 5.74) is 2.12. The maximum absolute atomic E-state index is 13.1. The highest BCUT2D eigenvalue weighted by atomic mass is 127. The van der Waals surface area contributed by atoms with E-state index in [2.05, 4.69) is 27.6 Å². The van der Waals surface area contributed by atoms with Gasteiger partial charge in [-0.15, -0.1) is 24.0 Å². The average Bonchev–Trinajstić information content (AvgIpc) is 3.05. The summed E-state index contributed by atoms with van der Waals surface area (Å²) in [5.74, 6) is 1.03. The largest absolute Gasteiger partial charge is 0.356 e. The number of hydrogen-bond acceptors (Lipinski definition) is 2. The summed E-state index contributed by atoms with van der Waals surface area (Å²) in [6.45, 7) is 6.53. The number of aromatic nitrogens is 2. The Morgan fingerprint density at radius 1 is 1.36 bits per heavy atom. The van der Waals surface area contributed by atoms with E-state index in [9.17, 15) is 4.39 Å². The number of nitrogens with zero attached hydrogens (tertiary/aromatic N) is 3. The molecule has 1 heterocycles. The van der Waals surface area contributed by atoms with Crippen LogP contribution in [-0.2, 0) is 13.0 Å².